The molecule has 2 rings (SSSR count). The van der Waals surface area contributed by atoms with Crippen molar-refractivity contribution in [1.29, 1.82) is 0 Å². The minimum Gasteiger partial charge on any atom is -0.358 e. The Bertz CT molecular complexity index is 374. The molecule has 4 nitrogen and oxygen atoms in total. The second-order valence-corrected chi connectivity index (χ2v) is 5.21. The molecule has 1 aromatic carbocycles. The van der Waals surface area contributed by atoms with Crippen molar-refractivity contribution in [1.82, 2.24) is 10.7 Å². The molecule has 1 aromatic rings. The minimum atomic E-state index is 0.466. The highest BCUT2D eigenvalue weighted by molar-refractivity contribution is 7.80. The molecule has 0 aliphatic carbocycles. The van der Waals surface area contributed by atoms with Crippen molar-refractivity contribution < 1.29 is 4.90 Å². The number of nitrogens with one attached hydrogen (secondary N) is 3. The maximum Gasteiger partial charge on any atom is 0.180 e. The molecule has 0 bridgehead atoms. The lowest BCUT2D eigenvalue weighted by Gasteiger charge is -2.30. The molecule has 5 heteroatoms. The van der Waals surface area contributed by atoms with Crippen LogP contribution in [0.25, 0.3) is 0 Å². The van der Waals surface area contributed by atoms with E-state index in [2.05, 4.69) is 41.1 Å². The molecule has 1 heterocycles. The van der Waals surface area contributed by atoms with E-state index in [1.54, 1.807) is 4.90 Å². The van der Waals surface area contributed by atoms with Gasteiger partial charge in [-0.05, 0) is 12.2 Å². The van der Waals surface area contributed by atoms with Crippen LogP contribution in [0, 0.1) is 0 Å². The molecule has 0 saturated carbocycles. The average molecular weight is 265 g/mol. The van der Waals surface area contributed by atoms with Crippen LogP contribution in [0.1, 0.15) is 18.4 Å². The van der Waals surface area contributed by atoms with Gasteiger partial charge in [-0.25, -0.2) is 5.84 Å². The van der Waals surface area contributed by atoms with E-state index in [0.29, 0.717) is 11.2 Å². The highest BCUT2D eigenvalue weighted by Crippen LogP contribution is 2.01. The number of piperidine rings is 1. The number of hydrogen-bond donors (Lipinski definition) is 4. The van der Waals surface area contributed by atoms with Gasteiger partial charge in [-0.2, -0.15) is 0 Å². The third-order valence-electron chi connectivity index (χ3n) is 3.46. The largest absolute Gasteiger partial charge is 0.358 e. The number of nitrogens with two attached hydrogens (primary N) is 1. The summed E-state index contributed by atoms with van der Waals surface area (Å²) in [6.45, 7) is 3.48. The highest BCUT2D eigenvalue weighted by Gasteiger charge is 2.22. The number of quaternary nitrogens is 1. The summed E-state index contributed by atoms with van der Waals surface area (Å²) in [6.07, 6.45) is 2.29. The van der Waals surface area contributed by atoms with E-state index in [4.69, 9.17) is 18.1 Å². The normalized spacial score (nSPS) is 23.4. The van der Waals surface area contributed by atoms with Crippen LogP contribution in [0.4, 0.5) is 0 Å². The summed E-state index contributed by atoms with van der Waals surface area (Å²) < 4.78 is 0. The van der Waals surface area contributed by atoms with Crippen molar-refractivity contribution in [3.8, 4) is 0 Å². The fourth-order valence-electron chi connectivity index (χ4n) is 2.46. The van der Waals surface area contributed by atoms with Crippen LogP contribution >= 0.6 is 12.2 Å². The minimum absolute atomic E-state index is 0.466. The number of benzene rings is 1. The quantitative estimate of drug-likeness (QED) is 0.340. The van der Waals surface area contributed by atoms with Gasteiger partial charge in [-0.3, -0.25) is 0 Å². The first kappa shape index (κ1) is 13.3. The summed E-state index contributed by atoms with van der Waals surface area (Å²) in [6, 6.07) is 11.1. The van der Waals surface area contributed by atoms with Crippen LogP contribution in [-0.2, 0) is 6.54 Å². The molecule has 98 valence electrons. The molecular formula is C13H21N4S+. The van der Waals surface area contributed by atoms with Crippen LogP contribution < -0.4 is 21.5 Å². The molecule has 1 aliphatic heterocycles. The standard InChI is InChI=1S/C13H20N4S/c14-16-13(18)15-12-6-8-17(9-7-12)10-11-4-2-1-3-5-11/h1-5,12H,6-10,14H2,(H2,15,16,18)/p+1. The molecule has 1 aliphatic rings. The van der Waals surface area contributed by atoms with Crippen LogP contribution in [0.2, 0.25) is 0 Å². The SMILES string of the molecule is NNC(=S)NC1CC[NH+](Cc2ccccc2)CC1. The van der Waals surface area contributed by atoms with E-state index in [-0.39, 0.29) is 0 Å². The van der Waals surface area contributed by atoms with E-state index < -0.39 is 0 Å². The summed E-state index contributed by atoms with van der Waals surface area (Å²) in [4.78, 5) is 1.64. The van der Waals surface area contributed by atoms with E-state index in [9.17, 15) is 0 Å². The van der Waals surface area contributed by atoms with Crippen molar-refractivity contribution in [2.45, 2.75) is 25.4 Å². The van der Waals surface area contributed by atoms with Gasteiger partial charge >= 0.3 is 0 Å². The summed E-state index contributed by atoms with van der Waals surface area (Å²) >= 11 is 5.02. The average Bonchev–Trinajstić information content (AvgIpc) is 2.42. The number of hydrazine groups is 1. The van der Waals surface area contributed by atoms with Gasteiger partial charge < -0.3 is 15.6 Å². The van der Waals surface area contributed by atoms with Crippen molar-refractivity contribution >= 4 is 17.3 Å². The smallest absolute Gasteiger partial charge is 0.180 e. The summed E-state index contributed by atoms with van der Waals surface area (Å²) in [7, 11) is 0. The van der Waals surface area contributed by atoms with Crippen molar-refractivity contribution in [3.63, 3.8) is 0 Å². The van der Waals surface area contributed by atoms with Gasteiger partial charge in [-0.15, -0.1) is 0 Å². The van der Waals surface area contributed by atoms with Gasteiger partial charge in [0.05, 0.1) is 13.1 Å². The molecule has 5 N–H and O–H groups in total. The van der Waals surface area contributed by atoms with Gasteiger partial charge in [0, 0.05) is 24.4 Å². The Kier molecular flexibility index (Phi) is 4.92. The lowest BCUT2D eigenvalue weighted by molar-refractivity contribution is -0.918. The Morgan fingerprint density at radius 3 is 2.56 bits per heavy atom. The van der Waals surface area contributed by atoms with Gasteiger partial charge in [0.25, 0.3) is 0 Å². The number of thiocarbonyl (C=S) groups is 1. The molecule has 1 fully saturated rings. The Balaban J connectivity index is 1.75. The van der Waals surface area contributed by atoms with Crippen LogP contribution in [-0.4, -0.2) is 24.2 Å². The van der Waals surface area contributed by atoms with E-state index in [1.165, 1.54) is 18.7 Å². The molecule has 0 aromatic heterocycles. The van der Waals surface area contributed by atoms with Gasteiger partial charge in [0.15, 0.2) is 5.11 Å². The second kappa shape index (κ2) is 6.68. The first-order valence-corrected chi connectivity index (χ1v) is 6.83. The van der Waals surface area contributed by atoms with Crippen LogP contribution in [0.15, 0.2) is 30.3 Å². The summed E-state index contributed by atoms with van der Waals surface area (Å²) in [5.74, 6) is 5.26. The first-order valence-electron chi connectivity index (χ1n) is 6.42. The Labute approximate surface area is 114 Å². The maximum absolute atomic E-state index is 5.26. The van der Waals surface area contributed by atoms with E-state index in [0.717, 1.165) is 19.4 Å². The molecule has 0 spiro atoms. The van der Waals surface area contributed by atoms with Crippen molar-refractivity contribution in [3.05, 3.63) is 35.9 Å². The second-order valence-electron chi connectivity index (χ2n) is 4.80. The number of rotatable bonds is 3. The number of hydrogen-bond acceptors (Lipinski definition) is 2. The molecule has 0 radical (unpaired) electrons. The predicted octanol–water partition coefficient (Wildman–Crippen LogP) is -0.428. The molecule has 18 heavy (non-hydrogen) atoms. The Hall–Kier alpha value is -1.17. The Morgan fingerprint density at radius 2 is 1.94 bits per heavy atom. The third kappa shape index (κ3) is 3.94. The van der Waals surface area contributed by atoms with Gasteiger partial charge in [-0.1, -0.05) is 30.3 Å². The lowest BCUT2D eigenvalue weighted by atomic mass is 10.0. The lowest BCUT2D eigenvalue weighted by Crippen LogP contribution is -3.12. The van der Waals surface area contributed by atoms with Crippen LogP contribution in [0.3, 0.4) is 0 Å². The summed E-state index contributed by atoms with van der Waals surface area (Å²) in [5.41, 5.74) is 3.89. The maximum atomic E-state index is 5.26. The fraction of sp³-hybridized carbons (Fsp3) is 0.462. The fourth-order valence-corrected chi connectivity index (χ4v) is 2.63. The number of likely N-dealkylation sites (tertiary alicyclic amines) is 1. The summed E-state index contributed by atoms with van der Waals surface area (Å²) in [5, 5.41) is 3.78. The molecule has 0 atom stereocenters. The van der Waals surface area contributed by atoms with E-state index in [1.807, 2.05) is 0 Å². The zero-order valence-corrected chi connectivity index (χ0v) is 11.3. The zero-order chi connectivity index (χ0) is 12.8. The molecule has 1 saturated heterocycles. The van der Waals surface area contributed by atoms with E-state index >= 15 is 0 Å². The zero-order valence-electron chi connectivity index (χ0n) is 10.5. The third-order valence-corrected chi connectivity index (χ3v) is 3.69. The molecule has 0 amide bonds. The molecule has 0 unspecified atom stereocenters. The van der Waals surface area contributed by atoms with Crippen molar-refractivity contribution in [2.75, 3.05) is 13.1 Å². The van der Waals surface area contributed by atoms with Crippen molar-refractivity contribution in [2.24, 2.45) is 5.84 Å². The van der Waals surface area contributed by atoms with Crippen LogP contribution in [0.5, 0.6) is 0 Å². The van der Waals surface area contributed by atoms with Gasteiger partial charge in [0.1, 0.15) is 6.54 Å². The topological polar surface area (TPSA) is 54.5 Å². The molecular weight excluding hydrogens is 244 g/mol. The predicted molar refractivity (Wildman–Crippen MR) is 76.9 cm³/mol. The monoisotopic (exact) mass is 265 g/mol. The highest BCUT2D eigenvalue weighted by atomic mass is 32.1. The Morgan fingerprint density at radius 1 is 1.28 bits per heavy atom. The van der Waals surface area contributed by atoms with Gasteiger partial charge in [0.2, 0.25) is 0 Å². The first-order chi connectivity index (χ1) is 8.78.